The summed E-state index contributed by atoms with van der Waals surface area (Å²) >= 11 is 1.78. The Morgan fingerprint density at radius 3 is 3.12 bits per heavy atom. The van der Waals surface area contributed by atoms with Crippen LogP contribution in [-0.4, -0.2) is 13.2 Å². The average Bonchev–Trinajstić information content (AvgIpc) is 2.74. The Labute approximate surface area is 102 Å². The number of hydrogen-bond acceptors (Lipinski definition) is 3. The van der Waals surface area contributed by atoms with Crippen molar-refractivity contribution in [2.75, 3.05) is 7.11 Å². The highest BCUT2D eigenvalue weighted by molar-refractivity contribution is 7.10. The van der Waals surface area contributed by atoms with Crippen LogP contribution in [0.25, 0.3) is 0 Å². The van der Waals surface area contributed by atoms with Crippen LogP contribution >= 0.6 is 11.3 Å². The minimum absolute atomic E-state index is 0.704. The molecule has 0 aliphatic heterocycles. The average molecular weight is 239 g/mol. The Morgan fingerprint density at radius 2 is 2.38 bits per heavy atom. The van der Waals surface area contributed by atoms with Crippen LogP contribution in [0.1, 0.15) is 37.5 Å². The third-order valence-electron chi connectivity index (χ3n) is 3.41. The van der Waals surface area contributed by atoms with Gasteiger partial charge in [-0.1, -0.05) is 19.8 Å². The summed E-state index contributed by atoms with van der Waals surface area (Å²) in [6, 6.07) is 2.75. The lowest BCUT2D eigenvalue weighted by Gasteiger charge is -2.27. The summed E-state index contributed by atoms with van der Waals surface area (Å²) in [4.78, 5) is 1.32. The van der Waals surface area contributed by atoms with Crippen molar-refractivity contribution in [2.45, 2.75) is 45.2 Å². The second-order valence-electron chi connectivity index (χ2n) is 4.76. The predicted octanol–water partition coefficient (Wildman–Crippen LogP) is 3.43. The molecule has 1 aromatic rings. The van der Waals surface area contributed by atoms with Gasteiger partial charge in [-0.15, -0.1) is 11.3 Å². The van der Waals surface area contributed by atoms with E-state index < -0.39 is 0 Å². The summed E-state index contributed by atoms with van der Waals surface area (Å²) in [5.41, 5.74) is 0. The Bertz CT molecular complexity index is 323. The van der Waals surface area contributed by atoms with E-state index >= 15 is 0 Å². The van der Waals surface area contributed by atoms with E-state index in [2.05, 4.69) is 17.6 Å². The van der Waals surface area contributed by atoms with Gasteiger partial charge < -0.3 is 10.1 Å². The molecule has 3 heteroatoms. The number of thiophene rings is 1. The smallest absolute Gasteiger partial charge is 0.134 e. The lowest BCUT2D eigenvalue weighted by atomic mass is 9.87. The Hall–Kier alpha value is -0.540. The van der Waals surface area contributed by atoms with Crippen LogP contribution < -0.4 is 10.1 Å². The van der Waals surface area contributed by atoms with Gasteiger partial charge >= 0.3 is 0 Å². The standard InChI is InChI=1S/C13H21NOS/c1-10-4-3-5-11(8-10)14-9-13-12(15-2)6-7-16-13/h6-7,10-11,14H,3-5,8-9H2,1-2H3. The van der Waals surface area contributed by atoms with Crippen molar-refractivity contribution in [3.63, 3.8) is 0 Å². The van der Waals surface area contributed by atoms with E-state index in [1.54, 1.807) is 18.4 Å². The van der Waals surface area contributed by atoms with Crippen molar-refractivity contribution in [2.24, 2.45) is 5.92 Å². The molecule has 1 saturated carbocycles. The minimum atomic E-state index is 0.704. The molecule has 1 aromatic heterocycles. The molecule has 0 bridgehead atoms. The molecule has 2 unspecified atom stereocenters. The van der Waals surface area contributed by atoms with E-state index in [0.717, 1.165) is 18.2 Å². The monoisotopic (exact) mass is 239 g/mol. The number of rotatable bonds is 4. The maximum Gasteiger partial charge on any atom is 0.134 e. The molecule has 1 N–H and O–H groups in total. The second-order valence-corrected chi connectivity index (χ2v) is 5.76. The van der Waals surface area contributed by atoms with Gasteiger partial charge in [0.25, 0.3) is 0 Å². The van der Waals surface area contributed by atoms with Gasteiger partial charge in [0.2, 0.25) is 0 Å². The Balaban J connectivity index is 1.82. The summed E-state index contributed by atoms with van der Waals surface area (Å²) in [5, 5.41) is 5.76. The van der Waals surface area contributed by atoms with Crippen LogP contribution in [0.5, 0.6) is 5.75 Å². The molecule has 1 aliphatic carbocycles. The molecule has 1 aliphatic rings. The fraction of sp³-hybridized carbons (Fsp3) is 0.692. The van der Waals surface area contributed by atoms with Crippen LogP contribution in [0.3, 0.4) is 0 Å². The van der Waals surface area contributed by atoms with Gasteiger partial charge in [0.15, 0.2) is 0 Å². The Kier molecular flexibility index (Phi) is 4.24. The van der Waals surface area contributed by atoms with Gasteiger partial charge in [-0.05, 0) is 30.2 Å². The van der Waals surface area contributed by atoms with E-state index in [0.29, 0.717) is 6.04 Å². The van der Waals surface area contributed by atoms with E-state index in [1.165, 1.54) is 30.6 Å². The predicted molar refractivity (Wildman–Crippen MR) is 69.1 cm³/mol. The molecular weight excluding hydrogens is 218 g/mol. The molecule has 2 rings (SSSR count). The number of hydrogen-bond donors (Lipinski definition) is 1. The van der Waals surface area contributed by atoms with Crippen LogP contribution in [0.15, 0.2) is 11.4 Å². The molecular formula is C13H21NOS. The third-order valence-corrected chi connectivity index (χ3v) is 4.31. The van der Waals surface area contributed by atoms with Crippen LogP contribution in [0, 0.1) is 5.92 Å². The number of nitrogens with one attached hydrogen (secondary N) is 1. The van der Waals surface area contributed by atoms with Crippen molar-refractivity contribution in [1.82, 2.24) is 5.32 Å². The maximum atomic E-state index is 5.32. The van der Waals surface area contributed by atoms with Gasteiger partial charge in [-0.2, -0.15) is 0 Å². The first kappa shape index (κ1) is 11.9. The highest BCUT2D eigenvalue weighted by Crippen LogP contribution is 2.27. The molecule has 0 spiro atoms. The lowest BCUT2D eigenvalue weighted by molar-refractivity contribution is 0.300. The second kappa shape index (κ2) is 5.69. The van der Waals surface area contributed by atoms with Crippen molar-refractivity contribution in [1.29, 1.82) is 0 Å². The zero-order valence-electron chi connectivity index (χ0n) is 10.2. The van der Waals surface area contributed by atoms with Gasteiger partial charge in [0, 0.05) is 12.6 Å². The Morgan fingerprint density at radius 1 is 1.50 bits per heavy atom. The largest absolute Gasteiger partial charge is 0.496 e. The summed E-state index contributed by atoms with van der Waals surface area (Å²) in [7, 11) is 1.74. The summed E-state index contributed by atoms with van der Waals surface area (Å²) in [5.74, 6) is 1.91. The van der Waals surface area contributed by atoms with Crippen molar-refractivity contribution in [3.8, 4) is 5.75 Å². The molecule has 1 heterocycles. The molecule has 90 valence electrons. The van der Waals surface area contributed by atoms with Crippen molar-refractivity contribution in [3.05, 3.63) is 16.3 Å². The molecule has 0 aromatic carbocycles. The summed E-state index contributed by atoms with van der Waals surface area (Å²) in [6.45, 7) is 3.32. The van der Waals surface area contributed by atoms with Gasteiger partial charge in [-0.3, -0.25) is 0 Å². The fourth-order valence-corrected chi connectivity index (χ4v) is 3.29. The van der Waals surface area contributed by atoms with Gasteiger partial charge in [0.05, 0.1) is 12.0 Å². The van der Waals surface area contributed by atoms with Crippen LogP contribution in [0.2, 0.25) is 0 Å². The fourth-order valence-electron chi connectivity index (χ4n) is 2.50. The molecule has 2 nitrogen and oxygen atoms in total. The number of ether oxygens (including phenoxy) is 1. The molecule has 16 heavy (non-hydrogen) atoms. The highest BCUT2D eigenvalue weighted by atomic mass is 32.1. The van der Waals surface area contributed by atoms with Crippen LogP contribution in [0.4, 0.5) is 0 Å². The van der Waals surface area contributed by atoms with Gasteiger partial charge in [0.1, 0.15) is 5.75 Å². The van der Waals surface area contributed by atoms with E-state index in [1.807, 2.05) is 6.07 Å². The summed E-state index contributed by atoms with van der Waals surface area (Å²) < 4.78 is 5.32. The van der Waals surface area contributed by atoms with Crippen molar-refractivity contribution >= 4 is 11.3 Å². The molecule has 0 saturated heterocycles. The first-order chi connectivity index (χ1) is 7.79. The minimum Gasteiger partial charge on any atom is -0.496 e. The first-order valence-corrected chi connectivity index (χ1v) is 7.01. The first-order valence-electron chi connectivity index (χ1n) is 6.13. The van der Waals surface area contributed by atoms with Crippen molar-refractivity contribution < 1.29 is 4.74 Å². The zero-order chi connectivity index (χ0) is 11.4. The third kappa shape index (κ3) is 2.98. The summed E-state index contributed by atoms with van der Waals surface area (Å²) in [6.07, 6.45) is 5.44. The number of methoxy groups -OCH3 is 1. The topological polar surface area (TPSA) is 21.3 Å². The molecule has 1 fully saturated rings. The zero-order valence-corrected chi connectivity index (χ0v) is 11.0. The molecule has 0 radical (unpaired) electrons. The molecule has 0 amide bonds. The highest BCUT2D eigenvalue weighted by Gasteiger charge is 2.18. The van der Waals surface area contributed by atoms with E-state index in [-0.39, 0.29) is 0 Å². The lowest BCUT2D eigenvalue weighted by Crippen LogP contribution is -2.32. The maximum absolute atomic E-state index is 5.32. The van der Waals surface area contributed by atoms with Crippen LogP contribution in [-0.2, 0) is 6.54 Å². The van der Waals surface area contributed by atoms with E-state index in [9.17, 15) is 0 Å². The quantitative estimate of drug-likeness (QED) is 0.869. The normalized spacial score (nSPS) is 25.6. The SMILES string of the molecule is COc1ccsc1CNC1CCCC(C)C1. The van der Waals surface area contributed by atoms with E-state index in [4.69, 9.17) is 4.74 Å². The molecule has 2 atom stereocenters. The van der Waals surface area contributed by atoms with Gasteiger partial charge in [-0.25, -0.2) is 0 Å².